The number of carbonyl (C=O) groups excluding carboxylic acids is 2. The second-order valence-corrected chi connectivity index (χ2v) is 5.19. The molecule has 2 rings (SSSR count). The Balaban J connectivity index is 1.91. The van der Waals surface area contributed by atoms with E-state index in [1.54, 1.807) is 18.2 Å². The molecule has 0 heterocycles. The van der Waals surface area contributed by atoms with Gasteiger partial charge in [0.2, 0.25) is 5.91 Å². The third-order valence-corrected chi connectivity index (χ3v) is 3.12. The number of carbonyl (C=O) groups is 2. The van der Waals surface area contributed by atoms with Crippen LogP contribution in [0.3, 0.4) is 0 Å². The molecule has 1 saturated carbocycles. The minimum absolute atomic E-state index is 0.00926. The highest BCUT2D eigenvalue weighted by Gasteiger charge is 2.23. The number of nitrogens with zero attached hydrogens (tertiary/aromatic N) is 1. The van der Waals surface area contributed by atoms with Crippen molar-refractivity contribution < 1.29 is 9.59 Å². The Kier molecular flexibility index (Phi) is 4.12. The van der Waals surface area contributed by atoms with Crippen molar-refractivity contribution in [1.82, 2.24) is 10.6 Å². The van der Waals surface area contributed by atoms with Gasteiger partial charge in [0.25, 0.3) is 5.91 Å². The molecule has 0 aliphatic heterocycles. The van der Waals surface area contributed by atoms with Crippen LogP contribution in [0.5, 0.6) is 0 Å². The van der Waals surface area contributed by atoms with Gasteiger partial charge in [-0.15, -0.1) is 0 Å². The molecule has 1 aliphatic rings. The van der Waals surface area contributed by atoms with Gasteiger partial charge in [-0.1, -0.05) is 0 Å². The van der Waals surface area contributed by atoms with Gasteiger partial charge >= 0.3 is 0 Å². The number of benzene rings is 1. The van der Waals surface area contributed by atoms with Crippen molar-refractivity contribution in [3.63, 3.8) is 0 Å². The van der Waals surface area contributed by atoms with Crippen molar-refractivity contribution in [2.24, 2.45) is 0 Å². The normalized spacial score (nSPS) is 13.7. The second kappa shape index (κ2) is 5.81. The standard InChI is InChI=1S/C14H20N4O2/c1-18(2)12-6-3-9(7-11(12)15)14(20)16-8-13(19)17-10-4-5-10/h3,6-7,10H,4-5,8,15H2,1-2H3,(H,16,20)(H,17,19). The number of nitrogen functional groups attached to an aromatic ring is 1. The van der Waals surface area contributed by atoms with Crippen LogP contribution in [0, 0.1) is 0 Å². The molecule has 1 aliphatic carbocycles. The van der Waals surface area contributed by atoms with Crippen LogP contribution in [-0.2, 0) is 4.79 Å². The fourth-order valence-electron chi connectivity index (χ4n) is 1.87. The zero-order chi connectivity index (χ0) is 14.7. The summed E-state index contributed by atoms with van der Waals surface area (Å²) in [7, 11) is 3.77. The molecule has 6 nitrogen and oxygen atoms in total. The highest BCUT2D eigenvalue weighted by molar-refractivity contribution is 5.98. The average Bonchev–Trinajstić information content (AvgIpc) is 3.19. The first-order valence-corrected chi connectivity index (χ1v) is 6.62. The summed E-state index contributed by atoms with van der Waals surface area (Å²) < 4.78 is 0. The van der Waals surface area contributed by atoms with Crippen LogP contribution in [0.4, 0.5) is 11.4 Å². The Bertz CT molecular complexity index is 524. The predicted octanol–water partition coefficient (Wildman–Crippen LogP) is 0.343. The van der Waals surface area contributed by atoms with E-state index in [1.165, 1.54) is 0 Å². The molecule has 1 fully saturated rings. The summed E-state index contributed by atoms with van der Waals surface area (Å²) in [6.45, 7) is -0.00926. The first-order chi connectivity index (χ1) is 9.47. The van der Waals surface area contributed by atoms with Crippen molar-refractivity contribution in [2.45, 2.75) is 18.9 Å². The summed E-state index contributed by atoms with van der Waals surface area (Å²) in [6, 6.07) is 5.40. The Morgan fingerprint density at radius 1 is 1.35 bits per heavy atom. The Labute approximate surface area is 118 Å². The molecule has 1 aromatic carbocycles. The summed E-state index contributed by atoms with van der Waals surface area (Å²) in [6.07, 6.45) is 2.06. The first-order valence-electron chi connectivity index (χ1n) is 6.62. The quantitative estimate of drug-likeness (QED) is 0.677. The predicted molar refractivity (Wildman–Crippen MR) is 78.7 cm³/mol. The molecule has 1 aromatic rings. The van der Waals surface area contributed by atoms with Gasteiger partial charge in [0, 0.05) is 25.7 Å². The second-order valence-electron chi connectivity index (χ2n) is 5.19. The zero-order valence-electron chi connectivity index (χ0n) is 11.8. The van der Waals surface area contributed by atoms with E-state index in [9.17, 15) is 9.59 Å². The number of nitrogens with one attached hydrogen (secondary N) is 2. The fraction of sp³-hybridized carbons (Fsp3) is 0.429. The molecule has 20 heavy (non-hydrogen) atoms. The molecule has 0 bridgehead atoms. The number of amides is 2. The Hall–Kier alpha value is -2.24. The maximum absolute atomic E-state index is 11.9. The number of anilines is 2. The van der Waals surface area contributed by atoms with E-state index in [-0.39, 0.29) is 18.4 Å². The van der Waals surface area contributed by atoms with Crippen molar-refractivity contribution in [3.05, 3.63) is 23.8 Å². The molecule has 0 aromatic heterocycles. The van der Waals surface area contributed by atoms with Crippen LogP contribution in [-0.4, -0.2) is 38.5 Å². The summed E-state index contributed by atoms with van der Waals surface area (Å²) in [5.41, 5.74) is 7.73. The largest absolute Gasteiger partial charge is 0.397 e. The average molecular weight is 276 g/mol. The molecule has 0 radical (unpaired) electrons. The van der Waals surface area contributed by atoms with E-state index in [0.29, 0.717) is 17.3 Å². The topological polar surface area (TPSA) is 87.5 Å². The van der Waals surface area contributed by atoms with Gasteiger partial charge in [0.05, 0.1) is 17.9 Å². The number of hydrogen-bond donors (Lipinski definition) is 3. The van der Waals surface area contributed by atoms with Gasteiger partial charge in [0.15, 0.2) is 0 Å². The van der Waals surface area contributed by atoms with Gasteiger partial charge in [-0.2, -0.15) is 0 Å². The minimum atomic E-state index is -0.298. The third-order valence-electron chi connectivity index (χ3n) is 3.12. The number of rotatable bonds is 5. The Morgan fingerprint density at radius 3 is 2.60 bits per heavy atom. The van der Waals surface area contributed by atoms with E-state index >= 15 is 0 Å². The zero-order valence-corrected chi connectivity index (χ0v) is 11.8. The SMILES string of the molecule is CN(C)c1ccc(C(=O)NCC(=O)NC2CC2)cc1N. The van der Waals surface area contributed by atoms with E-state index in [2.05, 4.69) is 10.6 Å². The van der Waals surface area contributed by atoms with E-state index in [0.717, 1.165) is 18.5 Å². The van der Waals surface area contributed by atoms with Crippen LogP contribution in [0.2, 0.25) is 0 Å². The molecule has 108 valence electrons. The van der Waals surface area contributed by atoms with Crippen LogP contribution in [0.15, 0.2) is 18.2 Å². The molecule has 6 heteroatoms. The summed E-state index contributed by atoms with van der Waals surface area (Å²) in [5, 5.41) is 5.40. The first kappa shape index (κ1) is 14.2. The molecule has 0 unspecified atom stereocenters. The van der Waals surface area contributed by atoms with Crippen LogP contribution >= 0.6 is 0 Å². The highest BCUT2D eigenvalue weighted by Crippen LogP contribution is 2.22. The van der Waals surface area contributed by atoms with Crippen molar-refractivity contribution in [3.8, 4) is 0 Å². The van der Waals surface area contributed by atoms with Crippen LogP contribution < -0.4 is 21.3 Å². The van der Waals surface area contributed by atoms with Crippen molar-refractivity contribution in [1.29, 1.82) is 0 Å². The monoisotopic (exact) mass is 276 g/mol. The molecule has 4 N–H and O–H groups in total. The lowest BCUT2D eigenvalue weighted by molar-refractivity contribution is -0.120. The van der Waals surface area contributed by atoms with Crippen LogP contribution in [0.25, 0.3) is 0 Å². The van der Waals surface area contributed by atoms with Crippen molar-refractivity contribution in [2.75, 3.05) is 31.3 Å². The van der Waals surface area contributed by atoms with E-state index in [4.69, 9.17) is 5.73 Å². The van der Waals surface area contributed by atoms with Gasteiger partial charge in [-0.25, -0.2) is 0 Å². The molecular weight excluding hydrogens is 256 g/mol. The lowest BCUT2D eigenvalue weighted by Crippen LogP contribution is -2.37. The number of nitrogens with two attached hydrogens (primary N) is 1. The Morgan fingerprint density at radius 2 is 2.05 bits per heavy atom. The van der Waals surface area contributed by atoms with Gasteiger partial charge in [-0.3, -0.25) is 9.59 Å². The van der Waals surface area contributed by atoms with Crippen molar-refractivity contribution >= 4 is 23.2 Å². The molecule has 0 spiro atoms. The summed E-state index contributed by atoms with van der Waals surface area (Å²) >= 11 is 0. The molecule has 0 atom stereocenters. The maximum atomic E-state index is 11.9. The van der Waals surface area contributed by atoms with Gasteiger partial charge < -0.3 is 21.3 Å². The van der Waals surface area contributed by atoms with Gasteiger partial charge in [0.1, 0.15) is 0 Å². The third kappa shape index (κ3) is 3.63. The molecule has 0 saturated heterocycles. The van der Waals surface area contributed by atoms with Gasteiger partial charge in [-0.05, 0) is 31.0 Å². The molecule has 2 amide bonds. The number of hydrogen-bond acceptors (Lipinski definition) is 4. The fourth-order valence-corrected chi connectivity index (χ4v) is 1.87. The minimum Gasteiger partial charge on any atom is -0.397 e. The molecular formula is C14H20N4O2. The van der Waals surface area contributed by atoms with E-state index in [1.807, 2.05) is 19.0 Å². The lowest BCUT2D eigenvalue weighted by atomic mass is 10.1. The van der Waals surface area contributed by atoms with E-state index < -0.39 is 0 Å². The lowest BCUT2D eigenvalue weighted by Gasteiger charge is -2.15. The summed E-state index contributed by atoms with van der Waals surface area (Å²) in [4.78, 5) is 25.3. The maximum Gasteiger partial charge on any atom is 0.251 e. The summed E-state index contributed by atoms with van der Waals surface area (Å²) in [5.74, 6) is -0.452. The highest BCUT2D eigenvalue weighted by atomic mass is 16.2. The smallest absolute Gasteiger partial charge is 0.251 e. The van der Waals surface area contributed by atoms with Crippen LogP contribution in [0.1, 0.15) is 23.2 Å².